The Morgan fingerprint density at radius 3 is 2.90 bits per heavy atom. The number of thiazole rings is 1. The van der Waals surface area contributed by atoms with Crippen LogP contribution < -0.4 is 11.1 Å². The van der Waals surface area contributed by atoms with Crippen molar-refractivity contribution in [3.8, 4) is 0 Å². The van der Waals surface area contributed by atoms with Crippen LogP contribution in [-0.2, 0) is 6.42 Å². The van der Waals surface area contributed by atoms with Crippen LogP contribution in [0.15, 0.2) is 29.8 Å². The van der Waals surface area contributed by atoms with Crippen LogP contribution >= 0.6 is 11.3 Å². The van der Waals surface area contributed by atoms with Crippen LogP contribution in [0.5, 0.6) is 0 Å². The Balaban J connectivity index is 1.95. The van der Waals surface area contributed by atoms with E-state index in [2.05, 4.69) is 10.3 Å². The molecule has 20 heavy (non-hydrogen) atoms. The smallest absolute Gasteiger partial charge is 0.292 e. The Labute approximate surface area is 118 Å². The van der Waals surface area contributed by atoms with Gasteiger partial charge in [-0.1, -0.05) is 0 Å². The highest BCUT2D eigenvalue weighted by molar-refractivity contribution is 7.09. The summed E-state index contributed by atoms with van der Waals surface area (Å²) in [6, 6.07) is 3.91. The van der Waals surface area contributed by atoms with Crippen molar-refractivity contribution in [1.29, 1.82) is 0 Å². The second kappa shape index (κ2) is 6.11. The first-order valence-corrected chi connectivity index (χ1v) is 6.66. The van der Waals surface area contributed by atoms with Crippen LogP contribution in [-0.4, -0.2) is 22.4 Å². The highest BCUT2D eigenvalue weighted by atomic mass is 32.1. The number of nitro groups is 1. The normalized spacial score (nSPS) is 10.2. The number of nitro benzene ring substituents is 1. The van der Waals surface area contributed by atoms with Gasteiger partial charge in [-0.3, -0.25) is 14.9 Å². The molecule has 0 unspecified atom stereocenters. The van der Waals surface area contributed by atoms with Crippen molar-refractivity contribution >= 4 is 28.6 Å². The summed E-state index contributed by atoms with van der Waals surface area (Å²) in [5.74, 6) is -0.317. The molecule has 0 radical (unpaired) electrons. The highest BCUT2D eigenvalue weighted by Crippen LogP contribution is 2.21. The van der Waals surface area contributed by atoms with Crippen LogP contribution in [0.1, 0.15) is 15.4 Å². The predicted molar refractivity (Wildman–Crippen MR) is 75.7 cm³/mol. The Morgan fingerprint density at radius 1 is 1.50 bits per heavy atom. The van der Waals surface area contributed by atoms with Gasteiger partial charge in [0.1, 0.15) is 5.69 Å². The van der Waals surface area contributed by atoms with E-state index < -0.39 is 4.92 Å². The summed E-state index contributed by atoms with van der Waals surface area (Å²) in [4.78, 5) is 26.0. The second-order valence-electron chi connectivity index (χ2n) is 3.96. The van der Waals surface area contributed by atoms with E-state index in [1.54, 1.807) is 6.20 Å². The lowest BCUT2D eigenvalue weighted by molar-refractivity contribution is -0.383. The Morgan fingerprint density at radius 2 is 2.30 bits per heavy atom. The van der Waals surface area contributed by atoms with E-state index in [1.807, 2.05) is 5.38 Å². The summed E-state index contributed by atoms with van der Waals surface area (Å²) in [5, 5.41) is 16.1. The van der Waals surface area contributed by atoms with Crippen molar-refractivity contribution in [2.24, 2.45) is 0 Å². The van der Waals surface area contributed by atoms with E-state index in [0.717, 1.165) is 5.01 Å². The van der Waals surface area contributed by atoms with Gasteiger partial charge in [0, 0.05) is 36.2 Å². The number of benzene rings is 1. The minimum Gasteiger partial charge on any atom is -0.393 e. The Bertz CT molecular complexity index is 628. The summed E-state index contributed by atoms with van der Waals surface area (Å²) >= 11 is 1.52. The maximum Gasteiger partial charge on any atom is 0.292 e. The molecule has 1 heterocycles. The molecule has 0 fully saturated rings. The number of anilines is 1. The van der Waals surface area contributed by atoms with E-state index in [1.165, 1.54) is 29.5 Å². The number of rotatable bonds is 5. The molecule has 0 spiro atoms. The molecule has 0 bridgehead atoms. The average Bonchev–Trinajstić information content (AvgIpc) is 2.91. The standard InChI is InChI=1S/C12H12N4O3S/c13-9-7-8(1-2-10(9)16(18)19)12(17)15-4-3-11-14-5-6-20-11/h1-2,5-7H,3-4,13H2,(H,15,17). The average molecular weight is 292 g/mol. The predicted octanol–water partition coefficient (Wildman–Crippen LogP) is 1.61. The van der Waals surface area contributed by atoms with Crippen molar-refractivity contribution in [3.63, 3.8) is 0 Å². The largest absolute Gasteiger partial charge is 0.393 e. The first-order chi connectivity index (χ1) is 9.58. The van der Waals surface area contributed by atoms with Gasteiger partial charge < -0.3 is 11.1 Å². The van der Waals surface area contributed by atoms with Crippen LogP contribution in [0.2, 0.25) is 0 Å². The molecule has 0 atom stereocenters. The first kappa shape index (κ1) is 13.9. The number of aromatic nitrogens is 1. The van der Waals surface area contributed by atoms with Crippen LogP contribution in [0.3, 0.4) is 0 Å². The van der Waals surface area contributed by atoms with Crippen molar-refractivity contribution in [2.45, 2.75) is 6.42 Å². The number of hydrogen-bond donors (Lipinski definition) is 2. The zero-order chi connectivity index (χ0) is 14.5. The number of nitrogens with zero attached hydrogens (tertiary/aromatic N) is 2. The lowest BCUT2D eigenvalue weighted by atomic mass is 10.1. The third-order valence-electron chi connectivity index (χ3n) is 2.59. The maximum absolute atomic E-state index is 11.9. The summed E-state index contributed by atoms with van der Waals surface area (Å²) in [5.41, 5.74) is 5.60. The van der Waals surface area contributed by atoms with Gasteiger partial charge in [0.05, 0.1) is 9.93 Å². The minimum atomic E-state index is -0.584. The summed E-state index contributed by atoms with van der Waals surface area (Å²) in [6.45, 7) is 0.448. The van der Waals surface area contributed by atoms with E-state index in [-0.39, 0.29) is 17.3 Å². The number of hydrogen-bond acceptors (Lipinski definition) is 6. The fourth-order valence-corrected chi connectivity index (χ4v) is 2.24. The van der Waals surface area contributed by atoms with Crippen molar-refractivity contribution in [1.82, 2.24) is 10.3 Å². The van der Waals surface area contributed by atoms with Gasteiger partial charge >= 0.3 is 0 Å². The molecule has 0 saturated carbocycles. The van der Waals surface area contributed by atoms with Gasteiger partial charge in [0.15, 0.2) is 0 Å². The zero-order valence-electron chi connectivity index (χ0n) is 10.4. The summed E-state index contributed by atoms with van der Waals surface area (Å²) in [6.07, 6.45) is 2.35. The van der Waals surface area contributed by atoms with Gasteiger partial charge in [-0.15, -0.1) is 11.3 Å². The fourth-order valence-electron chi connectivity index (χ4n) is 1.62. The Kier molecular flexibility index (Phi) is 4.26. The first-order valence-electron chi connectivity index (χ1n) is 5.78. The highest BCUT2D eigenvalue weighted by Gasteiger charge is 2.14. The number of amides is 1. The van der Waals surface area contributed by atoms with Gasteiger partial charge in [-0.05, 0) is 12.1 Å². The maximum atomic E-state index is 11.9. The van der Waals surface area contributed by atoms with Crippen LogP contribution in [0, 0.1) is 10.1 Å². The molecule has 1 aromatic carbocycles. The quantitative estimate of drug-likeness (QED) is 0.494. The molecule has 1 aromatic heterocycles. The third-order valence-corrected chi connectivity index (χ3v) is 3.43. The number of nitrogens with one attached hydrogen (secondary N) is 1. The van der Waals surface area contributed by atoms with Crippen molar-refractivity contribution < 1.29 is 9.72 Å². The molecule has 0 aliphatic rings. The molecule has 0 saturated heterocycles. The molecule has 7 nitrogen and oxygen atoms in total. The Hall–Kier alpha value is -2.48. The molecule has 1 amide bonds. The number of nitrogens with two attached hydrogens (primary N) is 1. The van der Waals surface area contributed by atoms with Crippen LogP contribution in [0.4, 0.5) is 11.4 Å². The van der Waals surface area contributed by atoms with Crippen LogP contribution in [0.25, 0.3) is 0 Å². The minimum absolute atomic E-state index is 0.0254. The SMILES string of the molecule is Nc1cc(C(=O)NCCc2nccs2)ccc1[N+](=O)[O-]. The fraction of sp³-hybridized carbons (Fsp3) is 0.167. The molecule has 8 heteroatoms. The number of carbonyl (C=O) groups excluding carboxylic acids is 1. The summed E-state index contributed by atoms with van der Waals surface area (Å²) in [7, 11) is 0. The van der Waals surface area contributed by atoms with Crippen molar-refractivity contribution in [3.05, 3.63) is 50.5 Å². The molecule has 3 N–H and O–H groups in total. The van der Waals surface area contributed by atoms with Gasteiger partial charge in [0.2, 0.25) is 0 Å². The molecule has 0 aliphatic carbocycles. The molecular formula is C12H12N4O3S. The molecule has 2 aromatic rings. The topological polar surface area (TPSA) is 111 Å². The summed E-state index contributed by atoms with van der Waals surface area (Å²) < 4.78 is 0. The number of carbonyl (C=O) groups is 1. The molecular weight excluding hydrogens is 280 g/mol. The molecule has 2 rings (SSSR count). The van der Waals surface area contributed by atoms with Crippen molar-refractivity contribution in [2.75, 3.05) is 12.3 Å². The monoisotopic (exact) mass is 292 g/mol. The molecule has 0 aliphatic heterocycles. The lowest BCUT2D eigenvalue weighted by Crippen LogP contribution is -2.25. The van der Waals surface area contributed by atoms with E-state index in [4.69, 9.17) is 5.73 Å². The zero-order valence-corrected chi connectivity index (χ0v) is 11.2. The van der Waals surface area contributed by atoms with Gasteiger partial charge in [-0.25, -0.2) is 4.98 Å². The van der Waals surface area contributed by atoms with E-state index >= 15 is 0 Å². The second-order valence-corrected chi connectivity index (χ2v) is 4.94. The third kappa shape index (κ3) is 3.29. The van der Waals surface area contributed by atoms with E-state index in [0.29, 0.717) is 18.5 Å². The lowest BCUT2D eigenvalue weighted by Gasteiger charge is -2.05. The molecule has 104 valence electrons. The van der Waals surface area contributed by atoms with E-state index in [9.17, 15) is 14.9 Å². The van der Waals surface area contributed by atoms with Gasteiger partial charge in [-0.2, -0.15) is 0 Å². The van der Waals surface area contributed by atoms with Gasteiger partial charge in [0.25, 0.3) is 11.6 Å². The number of nitrogen functional groups attached to an aromatic ring is 1.